The van der Waals surface area contributed by atoms with E-state index < -0.39 is 28.1 Å². The molecule has 0 radical (unpaired) electrons. The zero-order valence-electron chi connectivity index (χ0n) is 24.6. The number of hydrogen-bond donors (Lipinski definition) is 3. The number of benzene rings is 3. The highest BCUT2D eigenvalue weighted by molar-refractivity contribution is 7.90. The first kappa shape index (κ1) is 31.8. The molecule has 9 heteroatoms. The Morgan fingerprint density at radius 3 is 2.43 bits per heavy atom. The van der Waals surface area contributed by atoms with Crippen LogP contribution in [0.1, 0.15) is 41.3 Å². The van der Waals surface area contributed by atoms with E-state index in [2.05, 4.69) is 40.5 Å². The number of hydrogen-bond acceptors (Lipinski definition) is 7. The van der Waals surface area contributed by atoms with E-state index in [-0.39, 0.29) is 12.2 Å². The maximum Gasteiger partial charge on any atom is 0.320 e. The summed E-state index contributed by atoms with van der Waals surface area (Å²) in [6.07, 6.45) is 1.69. The number of nitrogens with one attached hydrogen (secondary N) is 1. The van der Waals surface area contributed by atoms with Crippen LogP contribution in [-0.4, -0.2) is 73.9 Å². The van der Waals surface area contributed by atoms with E-state index in [1.54, 1.807) is 7.11 Å². The van der Waals surface area contributed by atoms with Crippen molar-refractivity contribution in [2.45, 2.75) is 51.0 Å². The second-order valence-corrected chi connectivity index (χ2v) is 13.7. The van der Waals surface area contributed by atoms with Crippen LogP contribution < -0.4 is 5.32 Å². The lowest BCUT2D eigenvalue weighted by atomic mass is 9.93. The summed E-state index contributed by atoms with van der Waals surface area (Å²) in [7, 11) is -1.62. The van der Waals surface area contributed by atoms with Gasteiger partial charge in [0.15, 0.2) is 0 Å². The number of likely N-dealkylation sites (tertiary alicyclic amines) is 1. The fourth-order valence-corrected chi connectivity index (χ4v) is 6.58. The molecule has 3 aromatic rings. The quantitative estimate of drug-likeness (QED) is 0.238. The minimum absolute atomic E-state index is 0.150. The molecule has 226 valence electrons. The van der Waals surface area contributed by atoms with Crippen molar-refractivity contribution in [3.05, 3.63) is 95.1 Å². The molecule has 8 nitrogen and oxygen atoms in total. The maximum atomic E-state index is 11.9. The van der Waals surface area contributed by atoms with Crippen LogP contribution in [-0.2, 0) is 32.3 Å². The summed E-state index contributed by atoms with van der Waals surface area (Å²) in [5, 5.41) is 23.7. The van der Waals surface area contributed by atoms with Crippen molar-refractivity contribution in [1.29, 1.82) is 0 Å². The highest BCUT2D eigenvalue weighted by Crippen LogP contribution is 2.33. The Morgan fingerprint density at radius 1 is 1.05 bits per heavy atom. The molecule has 0 spiro atoms. The second kappa shape index (κ2) is 14.4. The van der Waals surface area contributed by atoms with Crippen LogP contribution in [0.3, 0.4) is 0 Å². The molecule has 1 saturated heterocycles. The Balaban J connectivity index is 1.59. The van der Waals surface area contributed by atoms with Gasteiger partial charge in [0, 0.05) is 38.1 Å². The summed E-state index contributed by atoms with van der Waals surface area (Å²) in [5.41, 5.74) is 5.73. The molecule has 42 heavy (non-hydrogen) atoms. The average Bonchev–Trinajstić information content (AvgIpc) is 3.31. The van der Waals surface area contributed by atoms with Crippen molar-refractivity contribution < 1.29 is 28.2 Å². The molecule has 1 unspecified atom stereocenters. The number of ether oxygens (including phenoxy) is 1. The van der Waals surface area contributed by atoms with E-state index in [1.165, 1.54) is 5.56 Å². The molecule has 0 saturated carbocycles. The highest BCUT2D eigenvalue weighted by Gasteiger charge is 2.32. The van der Waals surface area contributed by atoms with Crippen molar-refractivity contribution in [3.8, 4) is 11.1 Å². The average molecular weight is 595 g/mol. The summed E-state index contributed by atoms with van der Waals surface area (Å²) < 4.78 is 28.9. The number of aliphatic hydroxyl groups excluding tert-OH is 1. The first-order valence-corrected chi connectivity index (χ1v) is 16.4. The van der Waals surface area contributed by atoms with Crippen molar-refractivity contribution in [2.75, 3.05) is 32.3 Å². The van der Waals surface area contributed by atoms with E-state index >= 15 is 0 Å². The lowest BCUT2D eigenvalue weighted by molar-refractivity contribution is -0.140. The van der Waals surface area contributed by atoms with Gasteiger partial charge in [0.2, 0.25) is 0 Å². The van der Waals surface area contributed by atoms with Gasteiger partial charge in [-0.15, -0.1) is 0 Å². The predicted octanol–water partition coefficient (Wildman–Crippen LogP) is 4.21. The molecule has 1 aliphatic heterocycles. The zero-order chi connectivity index (χ0) is 30.3. The number of sulfone groups is 1. The molecule has 3 aromatic carbocycles. The number of methoxy groups -OCH3 is 1. The Morgan fingerprint density at radius 2 is 1.76 bits per heavy atom. The molecule has 1 aliphatic rings. The van der Waals surface area contributed by atoms with Gasteiger partial charge >= 0.3 is 5.97 Å². The number of rotatable bonds is 14. The van der Waals surface area contributed by atoms with Gasteiger partial charge in [0.05, 0.1) is 12.4 Å². The highest BCUT2D eigenvalue weighted by atomic mass is 32.2. The second-order valence-electron chi connectivity index (χ2n) is 11.4. The third-order valence-electron chi connectivity index (χ3n) is 8.01. The molecule has 0 aliphatic carbocycles. The van der Waals surface area contributed by atoms with Crippen LogP contribution in [0.4, 0.5) is 0 Å². The Kier molecular flexibility index (Phi) is 10.9. The van der Waals surface area contributed by atoms with Crippen molar-refractivity contribution >= 4 is 15.8 Å². The Labute approximate surface area is 249 Å². The topological polar surface area (TPSA) is 116 Å². The van der Waals surface area contributed by atoms with E-state index in [0.29, 0.717) is 30.7 Å². The third kappa shape index (κ3) is 8.72. The molecule has 4 rings (SSSR count). The van der Waals surface area contributed by atoms with E-state index in [0.717, 1.165) is 47.9 Å². The van der Waals surface area contributed by atoms with Gasteiger partial charge in [0.1, 0.15) is 22.1 Å². The number of aryl methyl sites for hydroxylation is 1. The minimum atomic E-state index is -3.36. The van der Waals surface area contributed by atoms with Crippen LogP contribution >= 0.6 is 0 Å². The third-order valence-corrected chi connectivity index (χ3v) is 8.99. The first-order chi connectivity index (χ1) is 20.0. The molecule has 0 aromatic heterocycles. The van der Waals surface area contributed by atoms with Crippen LogP contribution in [0.5, 0.6) is 0 Å². The Hall–Kier alpha value is -3.08. The largest absolute Gasteiger partial charge is 0.480 e. The van der Waals surface area contributed by atoms with Gasteiger partial charge in [-0.1, -0.05) is 66.7 Å². The van der Waals surface area contributed by atoms with Crippen LogP contribution in [0.15, 0.2) is 72.8 Å². The van der Waals surface area contributed by atoms with Gasteiger partial charge in [0.25, 0.3) is 0 Å². The van der Waals surface area contributed by atoms with Gasteiger partial charge in [-0.2, -0.15) is 0 Å². The molecule has 1 fully saturated rings. The Bertz CT molecular complexity index is 1450. The van der Waals surface area contributed by atoms with Crippen molar-refractivity contribution in [3.63, 3.8) is 0 Å². The predicted molar refractivity (Wildman–Crippen MR) is 165 cm³/mol. The summed E-state index contributed by atoms with van der Waals surface area (Å²) in [5.74, 6) is -0.986. The zero-order valence-corrected chi connectivity index (χ0v) is 25.4. The molecular formula is C33H42N2O6S. The van der Waals surface area contributed by atoms with Gasteiger partial charge in [-0.25, -0.2) is 8.42 Å². The summed E-state index contributed by atoms with van der Waals surface area (Å²) >= 11 is 0. The van der Waals surface area contributed by atoms with Crippen LogP contribution in [0.2, 0.25) is 0 Å². The smallest absolute Gasteiger partial charge is 0.320 e. The molecule has 0 amide bonds. The molecule has 4 atom stereocenters. The van der Waals surface area contributed by atoms with E-state index in [1.807, 2.05) is 49.4 Å². The number of aliphatic carboxylic acids is 1. The maximum absolute atomic E-state index is 11.9. The monoisotopic (exact) mass is 594 g/mol. The number of carboxylic acids is 1. The van der Waals surface area contributed by atoms with Crippen LogP contribution in [0, 0.1) is 12.8 Å². The number of carbonyl (C=O) groups is 1. The SMILES string of the molecule is COC[C@H]1C[C@@H](Cc2ccccc2)CN1Cc1ccc(C(O)N[C@@H](CCS(C)(=O)=O)C(=O)O)c(-c2ccccc2C)c1. The minimum Gasteiger partial charge on any atom is -0.480 e. The summed E-state index contributed by atoms with van der Waals surface area (Å²) in [6, 6.07) is 23.4. The van der Waals surface area contributed by atoms with Gasteiger partial charge < -0.3 is 14.9 Å². The summed E-state index contributed by atoms with van der Waals surface area (Å²) in [6.45, 7) is 4.32. The van der Waals surface area contributed by atoms with Crippen LogP contribution in [0.25, 0.3) is 11.1 Å². The van der Waals surface area contributed by atoms with Crippen molar-refractivity contribution in [1.82, 2.24) is 10.2 Å². The fourth-order valence-electron chi connectivity index (χ4n) is 5.92. The number of nitrogens with zero attached hydrogens (tertiary/aromatic N) is 1. The number of aliphatic hydroxyl groups is 1. The lowest BCUT2D eigenvalue weighted by Gasteiger charge is -2.26. The fraction of sp³-hybridized carbons (Fsp3) is 0.424. The number of carboxylic acid groups (broad SMARTS) is 1. The molecular weight excluding hydrogens is 552 g/mol. The standard InChI is InChI=1S/C33H42N2O6S/c1-23-9-7-8-12-28(23)30-19-25(13-14-29(30)32(36)34-31(33(37)38)15-16-42(3,39)40)20-35-21-26(18-27(35)22-41-2)17-24-10-5-4-6-11-24/h4-14,19,26-27,31-32,34,36H,15-18,20-22H2,1-3H3,(H,37,38)/t26-,27-,31+,32?/m1/s1. The normalized spacial score (nSPS) is 19.0. The van der Waals surface area contributed by atoms with Crippen molar-refractivity contribution in [2.24, 2.45) is 5.92 Å². The van der Waals surface area contributed by atoms with Gasteiger partial charge in [-0.05, 0) is 66.0 Å². The molecule has 0 bridgehead atoms. The first-order valence-electron chi connectivity index (χ1n) is 14.3. The van der Waals surface area contributed by atoms with E-state index in [4.69, 9.17) is 4.74 Å². The molecule has 3 N–H and O–H groups in total. The molecule has 1 heterocycles. The lowest BCUT2D eigenvalue weighted by Crippen LogP contribution is -2.40. The van der Waals surface area contributed by atoms with E-state index in [9.17, 15) is 23.4 Å². The van der Waals surface area contributed by atoms with Gasteiger partial charge in [-0.3, -0.25) is 15.0 Å². The summed E-state index contributed by atoms with van der Waals surface area (Å²) in [4.78, 5) is 14.3.